The highest BCUT2D eigenvalue weighted by Crippen LogP contribution is 2.37. The van der Waals surface area contributed by atoms with E-state index in [9.17, 15) is 10.2 Å². The Labute approximate surface area is 277 Å². The van der Waals surface area contributed by atoms with Crippen molar-refractivity contribution >= 4 is 5.57 Å². The van der Waals surface area contributed by atoms with Gasteiger partial charge in [0.2, 0.25) is 0 Å². The van der Waals surface area contributed by atoms with Crippen LogP contribution in [0.25, 0.3) is 27.8 Å². The zero-order chi connectivity index (χ0) is 32.9. The summed E-state index contributed by atoms with van der Waals surface area (Å²) in [6, 6.07) is 19.8. The number of aryl methyl sites for hydroxylation is 2. The lowest BCUT2D eigenvalue weighted by Gasteiger charge is -2.22. The molecule has 0 aliphatic heterocycles. The molecule has 3 aromatic rings. The van der Waals surface area contributed by atoms with Gasteiger partial charge in [-0.25, -0.2) is 0 Å². The Morgan fingerprint density at radius 1 is 0.783 bits per heavy atom. The zero-order valence-electron chi connectivity index (χ0n) is 28.4. The second kappa shape index (κ2) is 17.9. The number of hydrogen-bond donors (Lipinski definition) is 2. The fourth-order valence-electron chi connectivity index (χ4n) is 6.30. The average Bonchev–Trinajstić information content (AvgIpc) is 3.08. The van der Waals surface area contributed by atoms with E-state index in [4.69, 9.17) is 9.47 Å². The summed E-state index contributed by atoms with van der Waals surface area (Å²) in [5, 5.41) is 18.6. The fraction of sp³-hybridized carbons (Fsp3) is 0.429. The summed E-state index contributed by atoms with van der Waals surface area (Å²) in [7, 11) is 0. The summed E-state index contributed by atoms with van der Waals surface area (Å²) in [5.41, 5.74) is 11.6. The molecule has 46 heavy (non-hydrogen) atoms. The molecular formula is C42H54O4. The lowest BCUT2D eigenvalue weighted by molar-refractivity contribution is 0.285. The molecule has 1 atom stereocenters. The van der Waals surface area contributed by atoms with Crippen molar-refractivity contribution in [3.8, 4) is 33.8 Å². The molecule has 1 aliphatic carbocycles. The monoisotopic (exact) mass is 622 g/mol. The molecule has 2 N–H and O–H groups in total. The second-order valence-corrected chi connectivity index (χ2v) is 12.8. The maximum absolute atomic E-state index is 9.32. The Kier molecular flexibility index (Phi) is 13.7. The van der Waals surface area contributed by atoms with Crippen LogP contribution in [0.4, 0.5) is 0 Å². The SMILES string of the molecule is C=C(CO)CCOc1cc(OCCC(=C)CO)cc(-c2ccc(-c3ccc(C4=CCC(CCCCC)CC4)cc3C)cc2CC)c1. The van der Waals surface area contributed by atoms with E-state index in [1.165, 1.54) is 78.3 Å². The number of allylic oxidation sites excluding steroid dienone is 2. The van der Waals surface area contributed by atoms with Crippen LogP contribution in [0.3, 0.4) is 0 Å². The average molecular weight is 623 g/mol. The molecule has 4 heteroatoms. The Morgan fingerprint density at radius 2 is 1.43 bits per heavy atom. The predicted molar refractivity (Wildman–Crippen MR) is 194 cm³/mol. The molecule has 0 aromatic heterocycles. The van der Waals surface area contributed by atoms with Crippen molar-refractivity contribution < 1.29 is 19.7 Å². The van der Waals surface area contributed by atoms with Crippen LogP contribution in [0.15, 0.2) is 85.0 Å². The molecular weight excluding hydrogens is 568 g/mol. The topological polar surface area (TPSA) is 58.9 Å². The first kappa shape index (κ1) is 35.3. The van der Waals surface area contributed by atoms with Gasteiger partial charge in [0, 0.05) is 18.9 Å². The molecule has 1 unspecified atom stereocenters. The molecule has 0 saturated heterocycles. The Hall–Kier alpha value is -3.60. The van der Waals surface area contributed by atoms with Crippen molar-refractivity contribution in [3.05, 3.63) is 102 Å². The molecule has 3 aromatic carbocycles. The molecule has 4 nitrogen and oxygen atoms in total. The van der Waals surface area contributed by atoms with E-state index in [0.717, 1.165) is 34.6 Å². The summed E-state index contributed by atoms with van der Waals surface area (Å²) < 4.78 is 12.2. The van der Waals surface area contributed by atoms with E-state index in [1.807, 2.05) is 6.07 Å². The van der Waals surface area contributed by atoms with E-state index in [-0.39, 0.29) is 13.2 Å². The predicted octanol–water partition coefficient (Wildman–Crippen LogP) is 10.3. The number of rotatable bonds is 18. The van der Waals surface area contributed by atoms with Gasteiger partial charge in [0.05, 0.1) is 26.4 Å². The third-order valence-corrected chi connectivity index (χ3v) is 9.22. The molecule has 0 saturated carbocycles. The smallest absolute Gasteiger partial charge is 0.123 e. The van der Waals surface area contributed by atoms with Gasteiger partial charge < -0.3 is 19.7 Å². The second-order valence-electron chi connectivity index (χ2n) is 12.8. The highest BCUT2D eigenvalue weighted by molar-refractivity contribution is 5.78. The van der Waals surface area contributed by atoms with Crippen molar-refractivity contribution in [1.82, 2.24) is 0 Å². The Balaban J connectivity index is 1.56. The van der Waals surface area contributed by atoms with Crippen LogP contribution in [-0.2, 0) is 6.42 Å². The minimum absolute atomic E-state index is 0.0433. The van der Waals surface area contributed by atoms with Crippen LogP contribution in [0, 0.1) is 12.8 Å². The van der Waals surface area contributed by atoms with E-state index < -0.39 is 0 Å². The maximum atomic E-state index is 9.32. The molecule has 4 rings (SSSR count). The number of benzene rings is 3. The molecule has 1 aliphatic rings. The van der Waals surface area contributed by atoms with Gasteiger partial charge in [-0.3, -0.25) is 0 Å². The van der Waals surface area contributed by atoms with Crippen molar-refractivity contribution in [1.29, 1.82) is 0 Å². The van der Waals surface area contributed by atoms with Crippen molar-refractivity contribution in [3.63, 3.8) is 0 Å². The number of unbranched alkanes of at least 4 members (excludes halogenated alkanes) is 2. The molecule has 0 bridgehead atoms. The normalized spacial score (nSPS) is 14.5. The van der Waals surface area contributed by atoms with Crippen molar-refractivity contribution in [2.75, 3.05) is 26.4 Å². The van der Waals surface area contributed by atoms with E-state index in [0.29, 0.717) is 37.6 Å². The lowest BCUT2D eigenvalue weighted by Crippen LogP contribution is -2.05. The number of ether oxygens (including phenoxy) is 2. The Bertz CT molecular complexity index is 1460. The molecule has 246 valence electrons. The van der Waals surface area contributed by atoms with Crippen LogP contribution in [0.1, 0.15) is 88.3 Å². The zero-order valence-corrected chi connectivity index (χ0v) is 28.4. The third-order valence-electron chi connectivity index (χ3n) is 9.22. The fourth-order valence-corrected chi connectivity index (χ4v) is 6.30. The third kappa shape index (κ3) is 9.95. The van der Waals surface area contributed by atoms with Crippen LogP contribution in [0.5, 0.6) is 11.5 Å². The van der Waals surface area contributed by atoms with Gasteiger partial charge >= 0.3 is 0 Å². The Morgan fingerprint density at radius 3 is 2.00 bits per heavy atom. The van der Waals surface area contributed by atoms with Crippen LogP contribution in [-0.4, -0.2) is 36.6 Å². The number of hydrogen-bond acceptors (Lipinski definition) is 4. The molecule has 0 amide bonds. The quantitative estimate of drug-likeness (QED) is 0.109. The minimum atomic E-state index is -0.0433. The van der Waals surface area contributed by atoms with E-state index >= 15 is 0 Å². The first-order chi connectivity index (χ1) is 22.3. The molecule has 0 radical (unpaired) electrons. The van der Waals surface area contributed by atoms with Crippen molar-refractivity contribution in [2.45, 2.75) is 85.0 Å². The van der Waals surface area contributed by atoms with Gasteiger partial charge in [0.25, 0.3) is 0 Å². The van der Waals surface area contributed by atoms with Crippen LogP contribution < -0.4 is 9.47 Å². The summed E-state index contributed by atoms with van der Waals surface area (Å²) in [6.45, 7) is 15.2. The first-order valence-electron chi connectivity index (χ1n) is 17.2. The minimum Gasteiger partial charge on any atom is -0.493 e. The number of aliphatic hydroxyl groups excluding tert-OH is 2. The highest BCUT2D eigenvalue weighted by atomic mass is 16.5. The van der Waals surface area contributed by atoms with E-state index in [2.05, 4.69) is 88.5 Å². The summed E-state index contributed by atoms with van der Waals surface area (Å²) in [6.07, 6.45) is 13.7. The summed E-state index contributed by atoms with van der Waals surface area (Å²) in [5.74, 6) is 2.27. The highest BCUT2D eigenvalue weighted by Gasteiger charge is 2.17. The van der Waals surface area contributed by atoms with Gasteiger partial charge in [0.1, 0.15) is 11.5 Å². The standard InChI is InChI=1S/C42H54O4/c1-6-8-9-10-33-11-13-35(14-12-33)36-15-17-41(32(5)23-36)37-16-18-42(34(7-2)24-37)38-25-39(45-21-19-30(3)28-43)27-40(26-38)46-22-20-31(4)29-44/h13,15-18,23-27,33,43-44H,3-4,6-12,14,19-22,28-29H2,1-2,5H3. The van der Waals surface area contributed by atoms with Gasteiger partial charge in [0.15, 0.2) is 0 Å². The largest absolute Gasteiger partial charge is 0.493 e. The van der Waals surface area contributed by atoms with E-state index in [1.54, 1.807) is 0 Å². The summed E-state index contributed by atoms with van der Waals surface area (Å²) >= 11 is 0. The maximum Gasteiger partial charge on any atom is 0.123 e. The van der Waals surface area contributed by atoms with Gasteiger partial charge in [-0.2, -0.15) is 0 Å². The lowest BCUT2D eigenvalue weighted by atomic mass is 9.83. The van der Waals surface area contributed by atoms with Crippen LogP contribution in [0.2, 0.25) is 0 Å². The van der Waals surface area contributed by atoms with Gasteiger partial charge in [-0.15, -0.1) is 0 Å². The summed E-state index contributed by atoms with van der Waals surface area (Å²) in [4.78, 5) is 0. The van der Waals surface area contributed by atoms with Crippen molar-refractivity contribution in [2.24, 2.45) is 5.92 Å². The van der Waals surface area contributed by atoms with Gasteiger partial charge in [-0.1, -0.05) is 95.2 Å². The molecule has 0 fully saturated rings. The molecule has 0 heterocycles. The van der Waals surface area contributed by atoms with Crippen LogP contribution >= 0.6 is 0 Å². The number of aliphatic hydroxyl groups is 2. The molecule has 0 spiro atoms. The van der Waals surface area contributed by atoms with Gasteiger partial charge in [-0.05, 0) is 106 Å². The first-order valence-corrected chi connectivity index (χ1v) is 17.2.